The molecule has 0 aromatic rings. The first-order chi connectivity index (χ1) is 7.34. The van der Waals surface area contributed by atoms with Crippen LogP contribution in [0.15, 0.2) is 0 Å². The lowest BCUT2D eigenvalue weighted by molar-refractivity contribution is -0.152. The molecule has 1 rings (SSSR count). The van der Waals surface area contributed by atoms with Gasteiger partial charge in [0.1, 0.15) is 0 Å². The number of carboxylic acid groups (broad SMARTS) is 1. The van der Waals surface area contributed by atoms with E-state index in [0.29, 0.717) is 6.54 Å². The molecule has 1 saturated heterocycles. The van der Waals surface area contributed by atoms with Crippen LogP contribution in [0.25, 0.3) is 0 Å². The Hall–Kier alpha value is -1.10. The van der Waals surface area contributed by atoms with Crippen LogP contribution in [0, 0.1) is 0 Å². The predicted molar refractivity (Wildman–Crippen MR) is 60.1 cm³/mol. The number of nitrogens with zero attached hydrogens (tertiary/aromatic N) is 2. The second-order valence-electron chi connectivity index (χ2n) is 4.71. The Balaban J connectivity index is 2.86. The van der Waals surface area contributed by atoms with E-state index in [1.54, 1.807) is 4.90 Å². The summed E-state index contributed by atoms with van der Waals surface area (Å²) in [5.74, 6) is -0.999. The molecule has 1 heterocycles. The summed E-state index contributed by atoms with van der Waals surface area (Å²) < 4.78 is 0. The number of carboxylic acids is 1. The van der Waals surface area contributed by atoms with Gasteiger partial charge in [0, 0.05) is 18.6 Å². The maximum Gasteiger partial charge on any atom is 0.305 e. The van der Waals surface area contributed by atoms with Gasteiger partial charge in [0.25, 0.3) is 0 Å². The van der Waals surface area contributed by atoms with Gasteiger partial charge in [-0.05, 0) is 27.8 Å². The molecule has 16 heavy (non-hydrogen) atoms. The number of hydrogen-bond donors (Lipinski definition) is 1. The fourth-order valence-corrected chi connectivity index (χ4v) is 2.04. The SMILES string of the molecule is CC(C)N1CC(C)N(C)C(CC(=O)O)C1=O. The quantitative estimate of drug-likeness (QED) is 0.759. The lowest BCUT2D eigenvalue weighted by Gasteiger charge is -2.44. The lowest BCUT2D eigenvalue weighted by atomic mass is 10.0. The Morgan fingerprint density at radius 2 is 2.12 bits per heavy atom. The molecule has 1 N–H and O–H groups in total. The van der Waals surface area contributed by atoms with Gasteiger partial charge in [0.2, 0.25) is 5.91 Å². The van der Waals surface area contributed by atoms with Crippen molar-refractivity contribution in [1.82, 2.24) is 9.80 Å². The van der Waals surface area contributed by atoms with E-state index in [-0.39, 0.29) is 24.4 Å². The first-order valence-corrected chi connectivity index (χ1v) is 5.58. The standard InChI is InChI=1S/C11H20N2O3/c1-7(2)13-6-8(3)12(4)9(11(13)16)5-10(14)15/h7-9H,5-6H2,1-4H3,(H,14,15). The summed E-state index contributed by atoms with van der Waals surface area (Å²) in [6.07, 6.45) is -0.122. The molecule has 1 aliphatic heterocycles. The summed E-state index contributed by atoms with van der Waals surface area (Å²) >= 11 is 0. The topological polar surface area (TPSA) is 60.9 Å². The molecule has 1 aliphatic rings. The molecule has 5 nitrogen and oxygen atoms in total. The van der Waals surface area contributed by atoms with Gasteiger partial charge in [-0.3, -0.25) is 14.5 Å². The number of aliphatic carboxylic acids is 1. The Bertz CT molecular complexity index is 291. The minimum absolute atomic E-state index is 0.0713. The maximum atomic E-state index is 12.1. The van der Waals surface area contributed by atoms with Crippen LogP contribution < -0.4 is 0 Å². The molecule has 1 fully saturated rings. The Morgan fingerprint density at radius 1 is 1.56 bits per heavy atom. The van der Waals surface area contributed by atoms with E-state index in [1.165, 1.54) is 0 Å². The van der Waals surface area contributed by atoms with E-state index in [0.717, 1.165) is 0 Å². The van der Waals surface area contributed by atoms with Crippen LogP contribution in [0.3, 0.4) is 0 Å². The molecule has 92 valence electrons. The van der Waals surface area contributed by atoms with E-state index in [4.69, 9.17) is 5.11 Å². The van der Waals surface area contributed by atoms with Gasteiger partial charge in [-0.1, -0.05) is 0 Å². The summed E-state index contributed by atoms with van der Waals surface area (Å²) in [5.41, 5.74) is 0. The van der Waals surface area contributed by atoms with Crippen molar-refractivity contribution in [3.8, 4) is 0 Å². The van der Waals surface area contributed by atoms with Gasteiger partial charge < -0.3 is 10.0 Å². The highest BCUT2D eigenvalue weighted by Gasteiger charge is 2.38. The highest BCUT2D eigenvalue weighted by atomic mass is 16.4. The smallest absolute Gasteiger partial charge is 0.305 e. The summed E-state index contributed by atoms with van der Waals surface area (Å²) in [4.78, 5) is 26.4. The molecule has 5 heteroatoms. The predicted octanol–water partition coefficient (Wildman–Crippen LogP) is 0.401. The third-order valence-electron chi connectivity index (χ3n) is 3.21. The average Bonchev–Trinajstić information content (AvgIpc) is 2.17. The van der Waals surface area contributed by atoms with Crippen molar-refractivity contribution in [3.05, 3.63) is 0 Å². The van der Waals surface area contributed by atoms with Crippen LogP contribution in [0.4, 0.5) is 0 Å². The van der Waals surface area contributed by atoms with Crippen molar-refractivity contribution in [2.45, 2.75) is 45.3 Å². The van der Waals surface area contributed by atoms with Gasteiger partial charge in [-0.25, -0.2) is 0 Å². The minimum atomic E-state index is -0.928. The molecule has 0 aliphatic carbocycles. The summed E-state index contributed by atoms with van der Waals surface area (Å²) in [7, 11) is 1.81. The van der Waals surface area contributed by atoms with Crippen molar-refractivity contribution in [1.29, 1.82) is 0 Å². The lowest BCUT2D eigenvalue weighted by Crippen LogP contribution is -2.61. The maximum absolute atomic E-state index is 12.1. The van der Waals surface area contributed by atoms with Gasteiger partial charge >= 0.3 is 5.97 Å². The zero-order valence-electron chi connectivity index (χ0n) is 10.3. The van der Waals surface area contributed by atoms with Crippen molar-refractivity contribution >= 4 is 11.9 Å². The number of rotatable bonds is 3. The van der Waals surface area contributed by atoms with Gasteiger partial charge in [-0.15, -0.1) is 0 Å². The van der Waals surface area contributed by atoms with E-state index >= 15 is 0 Å². The van der Waals surface area contributed by atoms with Crippen LogP contribution in [0.2, 0.25) is 0 Å². The minimum Gasteiger partial charge on any atom is -0.481 e. The number of carbonyl (C=O) groups is 2. The molecule has 1 amide bonds. The fourth-order valence-electron chi connectivity index (χ4n) is 2.04. The van der Waals surface area contributed by atoms with Crippen LogP contribution >= 0.6 is 0 Å². The van der Waals surface area contributed by atoms with Crippen LogP contribution in [0.1, 0.15) is 27.2 Å². The highest BCUT2D eigenvalue weighted by molar-refractivity contribution is 5.87. The van der Waals surface area contributed by atoms with Crippen molar-refractivity contribution < 1.29 is 14.7 Å². The van der Waals surface area contributed by atoms with E-state index in [9.17, 15) is 9.59 Å². The normalized spacial score (nSPS) is 27.6. The number of carbonyl (C=O) groups excluding carboxylic acids is 1. The number of piperazine rings is 1. The first-order valence-electron chi connectivity index (χ1n) is 5.58. The molecule has 0 aromatic heterocycles. The molecule has 0 spiro atoms. The van der Waals surface area contributed by atoms with E-state index in [2.05, 4.69) is 0 Å². The molecule has 2 atom stereocenters. The average molecular weight is 228 g/mol. The molecule has 0 radical (unpaired) electrons. The second-order valence-corrected chi connectivity index (χ2v) is 4.71. The highest BCUT2D eigenvalue weighted by Crippen LogP contribution is 2.19. The van der Waals surface area contributed by atoms with Crippen LogP contribution in [0.5, 0.6) is 0 Å². The largest absolute Gasteiger partial charge is 0.481 e. The molecule has 2 unspecified atom stereocenters. The van der Waals surface area contributed by atoms with Crippen LogP contribution in [-0.2, 0) is 9.59 Å². The monoisotopic (exact) mass is 228 g/mol. The van der Waals surface area contributed by atoms with Gasteiger partial charge in [-0.2, -0.15) is 0 Å². The zero-order valence-corrected chi connectivity index (χ0v) is 10.3. The zero-order chi connectivity index (χ0) is 12.5. The van der Waals surface area contributed by atoms with Gasteiger partial charge in [0.05, 0.1) is 12.5 Å². The number of likely N-dealkylation sites (N-methyl/N-ethyl adjacent to an activating group) is 1. The van der Waals surface area contributed by atoms with Crippen molar-refractivity contribution in [2.24, 2.45) is 0 Å². The molecule has 0 bridgehead atoms. The van der Waals surface area contributed by atoms with Crippen molar-refractivity contribution in [3.63, 3.8) is 0 Å². The number of amides is 1. The Morgan fingerprint density at radius 3 is 2.56 bits per heavy atom. The fraction of sp³-hybridized carbons (Fsp3) is 0.818. The summed E-state index contributed by atoms with van der Waals surface area (Å²) in [5, 5.41) is 8.82. The molecular weight excluding hydrogens is 208 g/mol. The summed E-state index contributed by atoms with van der Waals surface area (Å²) in [6, 6.07) is -0.201. The molecular formula is C11H20N2O3. The van der Waals surface area contributed by atoms with E-state index in [1.807, 2.05) is 32.7 Å². The third-order valence-corrected chi connectivity index (χ3v) is 3.21. The molecule has 0 saturated carbocycles. The van der Waals surface area contributed by atoms with E-state index < -0.39 is 12.0 Å². The van der Waals surface area contributed by atoms with Crippen LogP contribution in [-0.4, -0.2) is 58.5 Å². The van der Waals surface area contributed by atoms with Crippen molar-refractivity contribution in [2.75, 3.05) is 13.6 Å². The Kier molecular flexibility index (Phi) is 3.91. The second kappa shape index (κ2) is 4.82. The first kappa shape index (κ1) is 13.0. The molecule has 0 aromatic carbocycles. The Labute approximate surface area is 96.0 Å². The summed E-state index contributed by atoms with van der Waals surface area (Å²) in [6.45, 7) is 6.58. The third kappa shape index (κ3) is 2.52. The number of hydrogen-bond acceptors (Lipinski definition) is 3. The van der Waals surface area contributed by atoms with Gasteiger partial charge in [0.15, 0.2) is 0 Å².